The van der Waals surface area contributed by atoms with Gasteiger partial charge in [-0.2, -0.15) is 0 Å². The molecule has 3 rings (SSSR count). The summed E-state index contributed by atoms with van der Waals surface area (Å²) in [6.45, 7) is 12.6. The molecule has 2 aliphatic heterocycles. The predicted octanol–water partition coefficient (Wildman–Crippen LogP) is 2.16. The maximum Gasteiger partial charge on any atom is 0.236 e. The van der Waals surface area contributed by atoms with E-state index in [-0.39, 0.29) is 0 Å². The van der Waals surface area contributed by atoms with Crippen molar-refractivity contribution in [3.8, 4) is 0 Å². The molecule has 0 aromatic heterocycles. The van der Waals surface area contributed by atoms with Gasteiger partial charge in [0.15, 0.2) is 5.96 Å². The number of aliphatic imine (C=N–C) groups is 1. The highest BCUT2D eigenvalue weighted by Crippen LogP contribution is 2.41. The number of carbonyl (C=O) groups excluding carboxylic acids is 1. The highest BCUT2D eigenvalue weighted by atomic mass is 16.2. The molecule has 1 amide bonds. The van der Waals surface area contributed by atoms with Crippen LogP contribution in [0.2, 0.25) is 0 Å². The van der Waals surface area contributed by atoms with E-state index in [9.17, 15) is 4.79 Å². The quantitative estimate of drug-likeness (QED) is 0.569. The van der Waals surface area contributed by atoms with Crippen LogP contribution in [0.15, 0.2) is 4.99 Å². The van der Waals surface area contributed by atoms with Gasteiger partial charge in [0.2, 0.25) is 5.91 Å². The van der Waals surface area contributed by atoms with Crippen LogP contribution < -0.4 is 5.32 Å². The van der Waals surface area contributed by atoms with Crippen LogP contribution in [0.25, 0.3) is 0 Å². The Morgan fingerprint density at radius 2 is 1.59 bits per heavy atom. The first-order valence-electron chi connectivity index (χ1n) is 11.2. The number of nitrogens with zero attached hydrogens (tertiary/aromatic N) is 4. The Balaban J connectivity index is 1.50. The standard InChI is InChI=1S/C21H39N5O/c1-3-21(9-5-6-10-21)18-23-20(22-4-2)26-15-13-24(14-16-26)17-19(27)25-11-7-8-12-25/h3-18H2,1-2H3,(H,22,23). The topological polar surface area (TPSA) is 51.2 Å². The molecule has 6 nitrogen and oxygen atoms in total. The van der Waals surface area contributed by atoms with Crippen molar-refractivity contribution in [2.45, 2.75) is 58.8 Å². The molecule has 0 spiro atoms. The third kappa shape index (κ3) is 5.37. The zero-order chi connectivity index (χ0) is 19.1. The molecule has 0 aromatic carbocycles. The maximum atomic E-state index is 12.4. The van der Waals surface area contributed by atoms with Crippen LogP contribution in [-0.4, -0.2) is 85.5 Å². The van der Waals surface area contributed by atoms with E-state index in [1.807, 2.05) is 4.90 Å². The number of hydrogen-bond acceptors (Lipinski definition) is 3. The monoisotopic (exact) mass is 377 g/mol. The van der Waals surface area contributed by atoms with Gasteiger partial charge in [-0.1, -0.05) is 19.8 Å². The van der Waals surface area contributed by atoms with E-state index in [0.29, 0.717) is 17.9 Å². The number of hydrogen-bond donors (Lipinski definition) is 1. The highest BCUT2D eigenvalue weighted by molar-refractivity contribution is 5.80. The molecule has 2 heterocycles. The Labute approximate surface area is 165 Å². The average molecular weight is 378 g/mol. The second-order valence-corrected chi connectivity index (χ2v) is 8.58. The fourth-order valence-corrected chi connectivity index (χ4v) is 4.79. The van der Waals surface area contributed by atoms with E-state index in [1.54, 1.807) is 0 Å². The van der Waals surface area contributed by atoms with Crippen LogP contribution in [-0.2, 0) is 4.79 Å². The van der Waals surface area contributed by atoms with Crippen molar-refractivity contribution in [2.75, 3.05) is 58.9 Å². The Bertz CT molecular complexity index is 501. The largest absolute Gasteiger partial charge is 0.357 e. The van der Waals surface area contributed by atoms with Gasteiger partial charge in [-0.3, -0.25) is 14.7 Å². The molecule has 27 heavy (non-hydrogen) atoms. The highest BCUT2D eigenvalue weighted by Gasteiger charge is 2.32. The molecular formula is C21H39N5O. The van der Waals surface area contributed by atoms with Gasteiger partial charge in [0.25, 0.3) is 0 Å². The van der Waals surface area contributed by atoms with Crippen molar-refractivity contribution >= 4 is 11.9 Å². The van der Waals surface area contributed by atoms with Crippen LogP contribution in [0.4, 0.5) is 0 Å². The first kappa shape index (κ1) is 20.4. The van der Waals surface area contributed by atoms with Crippen molar-refractivity contribution in [1.82, 2.24) is 20.0 Å². The van der Waals surface area contributed by atoms with Crippen LogP contribution in [0.1, 0.15) is 58.8 Å². The van der Waals surface area contributed by atoms with E-state index in [1.165, 1.54) is 44.9 Å². The summed E-state index contributed by atoms with van der Waals surface area (Å²) in [5.74, 6) is 1.38. The van der Waals surface area contributed by atoms with Gasteiger partial charge < -0.3 is 15.1 Å². The van der Waals surface area contributed by atoms with Gasteiger partial charge >= 0.3 is 0 Å². The van der Waals surface area contributed by atoms with Crippen LogP contribution in [0.3, 0.4) is 0 Å². The van der Waals surface area contributed by atoms with Gasteiger partial charge in [0.05, 0.1) is 6.54 Å². The van der Waals surface area contributed by atoms with Crippen molar-refractivity contribution < 1.29 is 4.79 Å². The zero-order valence-electron chi connectivity index (χ0n) is 17.5. The number of guanidine groups is 1. The summed E-state index contributed by atoms with van der Waals surface area (Å²) in [7, 11) is 0. The summed E-state index contributed by atoms with van der Waals surface area (Å²) >= 11 is 0. The van der Waals surface area contributed by atoms with E-state index < -0.39 is 0 Å². The molecule has 0 atom stereocenters. The molecule has 1 saturated carbocycles. The molecular weight excluding hydrogens is 338 g/mol. The van der Waals surface area contributed by atoms with E-state index in [0.717, 1.165) is 58.3 Å². The summed E-state index contributed by atoms with van der Waals surface area (Å²) in [5.41, 5.74) is 0.435. The van der Waals surface area contributed by atoms with Crippen LogP contribution in [0.5, 0.6) is 0 Å². The lowest BCUT2D eigenvalue weighted by Gasteiger charge is -2.37. The molecule has 0 bridgehead atoms. The number of carbonyl (C=O) groups is 1. The minimum absolute atomic E-state index is 0.313. The van der Waals surface area contributed by atoms with Gasteiger partial charge in [-0.05, 0) is 44.4 Å². The predicted molar refractivity (Wildman–Crippen MR) is 111 cm³/mol. The summed E-state index contributed by atoms with van der Waals surface area (Å²) in [6.07, 6.45) is 8.97. The van der Waals surface area contributed by atoms with Crippen molar-refractivity contribution in [3.63, 3.8) is 0 Å². The van der Waals surface area contributed by atoms with E-state index in [4.69, 9.17) is 4.99 Å². The Kier molecular flexibility index (Phi) is 7.39. The fourth-order valence-electron chi connectivity index (χ4n) is 4.79. The molecule has 3 aliphatic rings. The molecule has 2 saturated heterocycles. The molecule has 1 aliphatic carbocycles. The number of amides is 1. The Morgan fingerprint density at radius 3 is 2.19 bits per heavy atom. The summed E-state index contributed by atoms with van der Waals surface area (Å²) < 4.78 is 0. The third-order valence-electron chi connectivity index (χ3n) is 6.80. The van der Waals surface area contributed by atoms with E-state index in [2.05, 4.69) is 29.0 Å². The molecule has 0 unspecified atom stereocenters. The SMILES string of the molecule is CCNC(=NCC1(CC)CCCC1)N1CCN(CC(=O)N2CCCC2)CC1. The molecule has 1 N–H and O–H groups in total. The lowest BCUT2D eigenvalue weighted by atomic mass is 9.83. The average Bonchev–Trinajstić information content (AvgIpc) is 3.38. The molecule has 0 radical (unpaired) electrons. The maximum absolute atomic E-state index is 12.4. The smallest absolute Gasteiger partial charge is 0.236 e. The van der Waals surface area contributed by atoms with Crippen LogP contribution >= 0.6 is 0 Å². The number of rotatable bonds is 6. The minimum atomic E-state index is 0.313. The summed E-state index contributed by atoms with van der Waals surface area (Å²) in [6, 6.07) is 0. The van der Waals surface area contributed by atoms with Crippen molar-refractivity contribution in [1.29, 1.82) is 0 Å². The van der Waals surface area contributed by atoms with Gasteiger partial charge in [-0.15, -0.1) is 0 Å². The molecule has 154 valence electrons. The normalized spacial score (nSPS) is 23.9. The second kappa shape index (κ2) is 9.76. The third-order valence-corrected chi connectivity index (χ3v) is 6.80. The van der Waals surface area contributed by atoms with Gasteiger partial charge in [0, 0.05) is 52.4 Å². The molecule has 0 aromatic rings. The lowest BCUT2D eigenvalue weighted by molar-refractivity contribution is -0.131. The fraction of sp³-hybridized carbons (Fsp3) is 0.905. The van der Waals surface area contributed by atoms with Crippen molar-refractivity contribution in [2.24, 2.45) is 10.4 Å². The number of likely N-dealkylation sites (tertiary alicyclic amines) is 1. The first-order chi connectivity index (χ1) is 13.2. The van der Waals surface area contributed by atoms with Crippen molar-refractivity contribution in [3.05, 3.63) is 0 Å². The lowest BCUT2D eigenvalue weighted by Crippen LogP contribution is -2.54. The van der Waals surface area contributed by atoms with Gasteiger partial charge in [0.1, 0.15) is 0 Å². The molecule has 3 fully saturated rings. The zero-order valence-corrected chi connectivity index (χ0v) is 17.5. The Morgan fingerprint density at radius 1 is 0.926 bits per heavy atom. The molecule has 6 heteroatoms. The second-order valence-electron chi connectivity index (χ2n) is 8.58. The first-order valence-corrected chi connectivity index (χ1v) is 11.2. The number of nitrogens with one attached hydrogen (secondary N) is 1. The summed E-state index contributed by atoms with van der Waals surface area (Å²) in [5, 5.41) is 3.50. The number of piperazine rings is 1. The van der Waals surface area contributed by atoms with E-state index >= 15 is 0 Å². The minimum Gasteiger partial charge on any atom is -0.357 e. The summed E-state index contributed by atoms with van der Waals surface area (Å²) in [4.78, 5) is 24.2. The van der Waals surface area contributed by atoms with Crippen LogP contribution in [0, 0.1) is 5.41 Å². The Hall–Kier alpha value is -1.30. The van der Waals surface area contributed by atoms with Gasteiger partial charge in [-0.25, -0.2) is 0 Å².